The maximum absolute atomic E-state index is 13.3. The summed E-state index contributed by atoms with van der Waals surface area (Å²) in [4.78, 5) is 24.3. The number of aromatic nitrogens is 2. The molecule has 2 N–H and O–H groups in total. The fourth-order valence-corrected chi connectivity index (χ4v) is 3.71. The number of anilines is 1. The van der Waals surface area contributed by atoms with E-state index in [-0.39, 0.29) is 30.2 Å². The van der Waals surface area contributed by atoms with E-state index in [1.807, 2.05) is 12.1 Å². The Hall–Kier alpha value is -4.24. The van der Waals surface area contributed by atoms with Crippen LogP contribution in [0.1, 0.15) is 34.0 Å². The van der Waals surface area contributed by atoms with Crippen LogP contribution in [0.5, 0.6) is 0 Å². The second-order valence-electron chi connectivity index (χ2n) is 7.87. The Kier molecular flexibility index (Phi) is 7.69. The molecule has 35 heavy (non-hydrogen) atoms. The molecule has 0 radical (unpaired) electrons. The molecule has 8 nitrogen and oxygen atoms in total. The molecule has 2 heterocycles. The van der Waals surface area contributed by atoms with Crippen LogP contribution in [-0.4, -0.2) is 41.9 Å². The number of rotatable bonds is 10. The summed E-state index contributed by atoms with van der Waals surface area (Å²) in [7, 11) is 1.45. The number of halogens is 1. The highest BCUT2D eigenvalue weighted by Gasteiger charge is 2.18. The zero-order valence-corrected chi connectivity index (χ0v) is 19.1. The van der Waals surface area contributed by atoms with Gasteiger partial charge in [-0.05, 0) is 60.5 Å². The number of furan rings is 1. The van der Waals surface area contributed by atoms with E-state index in [9.17, 15) is 14.0 Å². The third-order valence-electron chi connectivity index (χ3n) is 5.41. The third-order valence-corrected chi connectivity index (χ3v) is 5.41. The van der Waals surface area contributed by atoms with E-state index in [1.165, 1.54) is 25.4 Å². The molecule has 4 rings (SSSR count). The summed E-state index contributed by atoms with van der Waals surface area (Å²) < 4.78 is 25.3. The average molecular weight is 477 g/mol. The second kappa shape index (κ2) is 11.3. The summed E-state index contributed by atoms with van der Waals surface area (Å²) in [5.41, 5.74) is 2.70. The van der Waals surface area contributed by atoms with E-state index in [2.05, 4.69) is 15.7 Å². The molecule has 0 fully saturated rings. The van der Waals surface area contributed by atoms with Gasteiger partial charge in [-0.3, -0.25) is 9.59 Å². The number of ether oxygens (including phenoxy) is 1. The number of carbonyl (C=O) groups excluding carboxylic acids is 2. The molecule has 1 atom stereocenters. The maximum atomic E-state index is 13.3. The van der Waals surface area contributed by atoms with Crippen molar-refractivity contribution in [2.45, 2.75) is 12.3 Å². The molecular weight excluding hydrogens is 451 g/mol. The van der Waals surface area contributed by atoms with Crippen LogP contribution in [0.4, 0.5) is 10.1 Å². The SMILES string of the molecule is COCC(=O)Nc1cnn(-c2ccc(C(=O)NCCC(c3ccc(F)cc3)c3ccco3)cc2)c1. The van der Waals surface area contributed by atoms with E-state index in [4.69, 9.17) is 9.15 Å². The highest BCUT2D eigenvalue weighted by molar-refractivity contribution is 5.94. The highest BCUT2D eigenvalue weighted by Crippen LogP contribution is 2.28. The molecule has 4 aromatic rings. The van der Waals surface area contributed by atoms with Gasteiger partial charge in [0.25, 0.3) is 5.91 Å². The average Bonchev–Trinajstić information content (AvgIpc) is 3.55. The number of carbonyl (C=O) groups is 2. The van der Waals surface area contributed by atoms with Crippen LogP contribution >= 0.6 is 0 Å². The molecular formula is C26H25FN4O4. The minimum Gasteiger partial charge on any atom is -0.469 e. The summed E-state index contributed by atoms with van der Waals surface area (Å²) in [5.74, 6) is -0.126. The lowest BCUT2D eigenvalue weighted by molar-refractivity contribution is -0.119. The van der Waals surface area contributed by atoms with Crippen molar-refractivity contribution in [2.75, 3.05) is 25.6 Å². The molecule has 0 saturated carbocycles. The van der Waals surface area contributed by atoms with Crippen LogP contribution in [0, 0.1) is 5.82 Å². The van der Waals surface area contributed by atoms with Gasteiger partial charge in [-0.15, -0.1) is 0 Å². The summed E-state index contributed by atoms with van der Waals surface area (Å²) in [6, 6.07) is 16.9. The Labute approximate surface area is 201 Å². The van der Waals surface area contributed by atoms with Crippen molar-refractivity contribution in [3.05, 3.63) is 102 Å². The molecule has 0 saturated heterocycles. The van der Waals surface area contributed by atoms with E-state index in [1.54, 1.807) is 53.5 Å². The van der Waals surface area contributed by atoms with Crippen molar-refractivity contribution in [3.8, 4) is 5.69 Å². The van der Waals surface area contributed by atoms with Crippen LogP contribution < -0.4 is 10.6 Å². The lowest BCUT2D eigenvalue weighted by Crippen LogP contribution is -2.25. The first kappa shape index (κ1) is 23.9. The van der Waals surface area contributed by atoms with Gasteiger partial charge in [0.1, 0.15) is 18.2 Å². The number of nitrogens with one attached hydrogen (secondary N) is 2. The Morgan fingerprint density at radius 3 is 2.57 bits per heavy atom. The summed E-state index contributed by atoms with van der Waals surface area (Å²) >= 11 is 0. The predicted octanol–water partition coefficient (Wildman–Crippen LogP) is 4.14. The lowest BCUT2D eigenvalue weighted by atomic mass is 9.93. The van der Waals surface area contributed by atoms with Crippen molar-refractivity contribution in [2.24, 2.45) is 0 Å². The molecule has 2 aromatic carbocycles. The number of hydrogen-bond acceptors (Lipinski definition) is 5. The van der Waals surface area contributed by atoms with Gasteiger partial charge in [-0.25, -0.2) is 9.07 Å². The Bertz CT molecular complexity index is 1250. The van der Waals surface area contributed by atoms with Gasteiger partial charge in [0.15, 0.2) is 0 Å². The normalized spacial score (nSPS) is 11.7. The fourth-order valence-electron chi connectivity index (χ4n) is 3.71. The number of hydrogen-bond donors (Lipinski definition) is 2. The highest BCUT2D eigenvalue weighted by atomic mass is 19.1. The Morgan fingerprint density at radius 2 is 1.89 bits per heavy atom. The third kappa shape index (κ3) is 6.21. The molecule has 0 aliphatic heterocycles. The maximum Gasteiger partial charge on any atom is 0.251 e. The number of methoxy groups -OCH3 is 1. The van der Waals surface area contributed by atoms with Crippen molar-refractivity contribution < 1.29 is 23.1 Å². The van der Waals surface area contributed by atoms with Gasteiger partial charge in [-0.1, -0.05) is 12.1 Å². The largest absolute Gasteiger partial charge is 0.469 e. The van der Waals surface area contributed by atoms with Crippen molar-refractivity contribution >= 4 is 17.5 Å². The van der Waals surface area contributed by atoms with Crippen LogP contribution in [0.25, 0.3) is 5.69 Å². The van der Waals surface area contributed by atoms with Gasteiger partial charge in [0, 0.05) is 25.1 Å². The van der Waals surface area contributed by atoms with E-state index >= 15 is 0 Å². The predicted molar refractivity (Wildman–Crippen MR) is 128 cm³/mol. The Morgan fingerprint density at radius 1 is 1.11 bits per heavy atom. The minimum absolute atomic E-state index is 0.0405. The molecule has 0 spiro atoms. The molecule has 1 unspecified atom stereocenters. The molecule has 9 heteroatoms. The second-order valence-corrected chi connectivity index (χ2v) is 7.87. The van der Waals surface area contributed by atoms with E-state index in [0.29, 0.717) is 24.2 Å². The molecule has 0 bridgehead atoms. The quantitative estimate of drug-likeness (QED) is 0.359. The molecule has 0 aliphatic carbocycles. The lowest BCUT2D eigenvalue weighted by Gasteiger charge is -2.16. The zero-order chi connectivity index (χ0) is 24.6. The number of nitrogens with zero attached hydrogens (tertiary/aromatic N) is 2. The van der Waals surface area contributed by atoms with Crippen LogP contribution in [0.15, 0.2) is 83.7 Å². The molecule has 2 amide bonds. The molecule has 180 valence electrons. The molecule has 2 aromatic heterocycles. The van der Waals surface area contributed by atoms with Gasteiger partial charge >= 0.3 is 0 Å². The van der Waals surface area contributed by atoms with Crippen LogP contribution in [-0.2, 0) is 9.53 Å². The topological polar surface area (TPSA) is 98.4 Å². The van der Waals surface area contributed by atoms with Gasteiger partial charge in [0.2, 0.25) is 5.91 Å². The zero-order valence-electron chi connectivity index (χ0n) is 19.1. The summed E-state index contributed by atoms with van der Waals surface area (Å²) in [6.07, 6.45) is 5.40. The first-order chi connectivity index (χ1) is 17.0. The smallest absolute Gasteiger partial charge is 0.251 e. The number of amides is 2. The summed E-state index contributed by atoms with van der Waals surface area (Å²) in [5, 5.41) is 9.85. The van der Waals surface area contributed by atoms with Gasteiger partial charge in [-0.2, -0.15) is 5.10 Å². The number of benzene rings is 2. The fraction of sp³-hybridized carbons (Fsp3) is 0.192. The van der Waals surface area contributed by atoms with Crippen molar-refractivity contribution in [3.63, 3.8) is 0 Å². The van der Waals surface area contributed by atoms with Crippen molar-refractivity contribution in [1.82, 2.24) is 15.1 Å². The van der Waals surface area contributed by atoms with Gasteiger partial charge < -0.3 is 19.8 Å². The first-order valence-corrected chi connectivity index (χ1v) is 11.0. The first-order valence-electron chi connectivity index (χ1n) is 11.0. The Balaban J connectivity index is 1.35. The van der Waals surface area contributed by atoms with E-state index in [0.717, 1.165) is 17.0 Å². The minimum atomic E-state index is -0.300. The summed E-state index contributed by atoms with van der Waals surface area (Å²) in [6.45, 7) is 0.369. The van der Waals surface area contributed by atoms with Gasteiger partial charge in [0.05, 0.1) is 30.0 Å². The monoisotopic (exact) mass is 476 g/mol. The van der Waals surface area contributed by atoms with Crippen LogP contribution in [0.3, 0.4) is 0 Å². The van der Waals surface area contributed by atoms with E-state index < -0.39 is 0 Å². The van der Waals surface area contributed by atoms with Crippen molar-refractivity contribution in [1.29, 1.82) is 0 Å². The standard InChI is InChI=1S/C26H25FN4O4/c1-34-17-25(32)30-21-15-29-31(16-21)22-10-6-19(7-11-22)26(33)28-13-12-23(24-3-2-14-35-24)18-4-8-20(27)9-5-18/h2-11,14-16,23H,12-13,17H2,1H3,(H,28,33)(H,30,32). The van der Waals surface area contributed by atoms with Crippen LogP contribution in [0.2, 0.25) is 0 Å². The molecule has 0 aliphatic rings.